The van der Waals surface area contributed by atoms with Gasteiger partial charge in [-0.2, -0.15) is 4.98 Å². The first kappa shape index (κ1) is 19.3. The summed E-state index contributed by atoms with van der Waals surface area (Å²) in [6.07, 6.45) is 0. The van der Waals surface area contributed by atoms with E-state index in [2.05, 4.69) is 14.9 Å². The van der Waals surface area contributed by atoms with Gasteiger partial charge in [0, 0.05) is 18.2 Å². The number of hydrogen-bond donors (Lipinski definition) is 2. The van der Waals surface area contributed by atoms with Crippen LogP contribution in [0.15, 0.2) is 51.9 Å². The minimum absolute atomic E-state index is 0.214. The number of aryl methyl sites for hydroxylation is 1. The van der Waals surface area contributed by atoms with Crippen LogP contribution in [0.5, 0.6) is 5.75 Å². The first-order valence-electron chi connectivity index (χ1n) is 7.82. The SMILES string of the molecule is Cc1nc(-c2cccc(NS(=O)(=O)c3ccc(OCC(=O)O)c(F)c3)c2)no1. The van der Waals surface area contributed by atoms with Crippen molar-refractivity contribution in [1.29, 1.82) is 0 Å². The van der Waals surface area contributed by atoms with E-state index in [1.54, 1.807) is 19.1 Å². The Labute approximate surface area is 158 Å². The van der Waals surface area contributed by atoms with Gasteiger partial charge in [0.2, 0.25) is 11.7 Å². The molecule has 0 radical (unpaired) electrons. The number of carboxylic acids is 1. The molecule has 0 fully saturated rings. The van der Waals surface area contributed by atoms with Crippen LogP contribution < -0.4 is 9.46 Å². The number of anilines is 1. The Hall–Kier alpha value is -3.47. The number of carboxylic acid groups (broad SMARTS) is 1. The summed E-state index contributed by atoms with van der Waals surface area (Å²) >= 11 is 0. The summed E-state index contributed by atoms with van der Waals surface area (Å²) in [7, 11) is -4.10. The fourth-order valence-electron chi connectivity index (χ4n) is 2.26. The molecule has 11 heteroatoms. The molecule has 0 spiro atoms. The third-order valence-electron chi connectivity index (χ3n) is 3.47. The number of hydrogen-bond acceptors (Lipinski definition) is 7. The first-order chi connectivity index (χ1) is 13.2. The average Bonchev–Trinajstić information content (AvgIpc) is 3.07. The molecule has 0 atom stereocenters. The molecular formula is C17H14FN3O6S. The molecule has 9 nitrogen and oxygen atoms in total. The smallest absolute Gasteiger partial charge is 0.341 e. The Morgan fingerprint density at radius 2 is 2.07 bits per heavy atom. The largest absolute Gasteiger partial charge is 0.479 e. The molecule has 0 aliphatic carbocycles. The van der Waals surface area contributed by atoms with Crippen molar-refractivity contribution in [3.8, 4) is 17.1 Å². The average molecular weight is 407 g/mol. The van der Waals surface area contributed by atoms with Crippen LogP contribution in [-0.4, -0.2) is 36.2 Å². The highest BCUT2D eigenvalue weighted by Gasteiger charge is 2.18. The second kappa shape index (κ2) is 7.64. The maximum atomic E-state index is 14.0. The Kier molecular flexibility index (Phi) is 5.27. The van der Waals surface area contributed by atoms with Gasteiger partial charge >= 0.3 is 5.97 Å². The van der Waals surface area contributed by atoms with Gasteiger partial charge in [-0.15, -0.1) is 0 Å². The predicted molar refractivity (Wildman–Crippen MR) is 94.8 cm³/mol. The zero-order valence-electron chi connectivity index (χ0n) is 14.4. The summed E-state index contributed by atoms with van der Waals surface area (Å²) in [5, 5.41) is 12.3. The number of nitrogens with one attached hydrogen (secondary N) is 1. The number of aliphatic carboxylic acids is 1. The normalized spacial score (nSPS) is 11.2. The predicted octanol–water partition coefficient (Wildman–Crippen LogP) is 2.45. The molecule has 0 amide bonds. The molecule has 1 aromatic heterocycles. The van der Waals surface area contributed by atoms with Crippen LogP contribution in [0.2, 0.25) is 0 Å². The number of carbonyl (C=O) groups is 1. The molecule has 1 heterocycles. The van der Waals surface area contributed by atoms with E-state index in [1.165, 1.54) is 12.1 Å². The number of halogens is 1. The van der Waals surface area contributed by atoms with Gasteiger partial charge in [0.25, 0.3) is 10.0 Å². The highest BCUT2D eigenvalue weighted by molar-refractivity contribution is 7.92. The van der Waals surface area contributed by atoms with Gasteiger partial charge in [-0.3, -0.25) is 4.72 Å². The van der Waals surface area contributed by atoms with E-state index >= 15 is 0 Å². The lowest BCUT2D eigenvalue weighted by atomic mass is 10.2. The van der Waals surface area contributed by atoms with Crippen LogP contribution in [0.1, 0.15) is 5.89 Å². The number of aromatic nitrogens is 2. The van der Waals surface area contributed by atoms with Gasteiger partial charge in [0.1, 0.15) is 0 Å². The van der Waals surface area contributed by atoms with Gasteiger partial charge in [0.15, 0.2) is 18.2 Å². The first-order valence-corrected chi connectivity index (χ1v) is 9.30. The fourth-order valence-corrected chi connectivity index (χ4v) is 3.32. The fraction of sp³-hybridized carbons (Fsp3) is 0.118. The molecule has 0 aliphatic rings. The van der Waals surface area contributed by atoms with Crippen LogP contribution in [0.4, 0.5) is 10.1 Å². The third-order valence-corrected chi connectivity index (χ3v) is 4.84. The number of rotatable bonds is 7. The minimum atomic E-state index is -4.10. The van der Waals surface area contributed by atoms with Crippen molar-refractivity contribution in [1.82, 2.24) is 10.1 Å². The lowest BCUT2D eigenvalue weighted by Gasteiger charge is -2.10. The molecule has 0 bridgehead atoms. The molecular weight excluding hydrogens is 393 g/mol. The van der Waals surface area contributed by atoms with Crippen molar-refractivity contribution in [3.63, 3.8) is 0 Å². The molecule has 0 saturated carbocycles. The van der Waals surface area contributed by atoms with Crippen LogP contribution in [0.25, 0.3) is 11.4 Å². The van der Waals surface area contributed by atoms with Gasteiger partial charge in [-0.25, -0.2) is 17.6 Å². The number of nitrogens with zero attached hydrogens (tertiary/aromatic N) is 2. The van der Waals surface area contributed by atoms with Gasteiger partial charge < -0.3 is 14.4 Å². The van der Waals surface area contributed by atoms with E-state index in [-0.39, 0.29) is 16.3 Å². The second-order valence-electron chi connectivity index (χ2n) is 5.60. The number of benzene rings is 2. The van der Waals surface area contributed by atoms with E-state index in [1.807, 2.05) is 0 Å². The maximum absolute atomic E-state index is 14.0. The molecule has 3 rings (SSSR count). The Bertz CT molecular complexity index is 1130. The van der Waals surface area contributed by atoms with E-state index < -0.39 is 28.4 Å². The lowest BCUT2D eigenvalue weighted by Crippen LogP contribution is -2.14. The van der Waals surface area contributed by atoms with Crippen LogP contribution in [-0.2, 0) is 14.8 Å². The van der Waals surface area contributed by atoms with Crippen LogP contribution in [0, 0.1) is 12.7 Å². The monoisotopic (exact) mass is 407 g/mol. The van der Waals surface area contributed by atoms with Crippen LogP contribution >= 0.6 is 0 Å². The van der Waals surface area contributed by atoms with Crippen molar-refractivity contribution >= 4 is 21.7 Å². The Morgan fingerprint density at radius 3 is 2.71 bits per heavy atom. The van der Waals surface area contributed by atoms with E-state index in [0.717, 1.165) is 18.2 Å². The summed E-state index contributed by atoms with van der Waals surface area (Å²) < 4.78 is 51.0. The second-order valence-corrected chi connectivity index (χ2v) is 7.28. The van der Waals surface area contributed by atoms with Crippen molar-refractivity contribution in [3.05, 3.63) is 54.2 Å². The minimum Gasteiger partial charge on any atom is -0.479 e. The molecule has 3 aromatic rings. The third kappa shape index (κ3) is 4.43. The molecule has 0 aliphatic heterocycles. The molecule has 2 N–H and O–H groups in total. The lowest BCUT2D eigenvalue weighted by molar-refractivity contribution is -0.139. The van der Waals surface area contributed by atoms with Gasteiger partial charge in [-0.1, -0.05) is 17.3 Å². The van der Waals surface area contributed by atoms with Gasteiger partial charge in [-0.05, 0) is 30.3 Å². The van der Waals surface area contributed by atoms with E-state index in [9.17, 15) is 17.6 Å². The quantitative estimate of drug-likeness (QED) is 0.610. The summed E-state index contributed by atoms with van der Waals surface area (Å²) in [5.74, 6) is -1.99. The Morgan fingerprint density at radius 1 is 1.29 bits per heavy atom. The summed E-state index contributed by atoms with van der Waals surface area (Å²) in [5.41, 5.74) is 0.743. The molecule has 0 unspecified atom stereocenters. The van der Waals surface area contributed by atoms with Crippen molar-refractivity contribution in [2.45, 2.75) is 11.8 Å². The molecule has 2 aromatic carbocycles. The van der Waals surface area contributed by atoms with E-state index in [0.29, 0.717) is 17.3 Å². The highest BCUT2D eigenvalue weighted by atomic mass is 32.2. The van der Waals surface area contributed by atoms with Crippen molar-refractivity contribution in [2.75, 3.05) is 11.3 Å². The maximum Gasteiger partial charge on any atom is 0.341 e. The Balaban J connectivity index is 1.82. The number of ether oxygens (including phenoxy) is 1. The zero-order valence-corrected chi connectivity index (χ0v) is 15.2. The highest BCUT2D eigenvalue weighted by Crippen LogP contribution is 2.25. The van der Waals surface area contributed by atoms with Crippen LogP contribution in [0.3, 0.4) is 0 Å². The topological polar surface area (TPSA) is 132 Å². The summed E-state index contributed by atoms with van der Waals surface area (Å²) in [6.45, 7) is 0.880. The molecule has 28 heavy (non-hydrogen) atoms. The standard InChI is InChI=1S/C17H14FN3O6S/c1-10-19-17(20-27-10)11-3-2-4-12(7-11)21-28(24,25)13-5-6-15(14(18)8-13)26-9-16(22)23/h2-8,21H,9H2,1H3,(H,22,23). The van der Waals surface area contributed by atoms with Gasteiger partial charge in [0.05, 0.1) is 4.90 Å². The molecule has 146 valence electrons. The number of sulfonamides is 1. The summed E-state index contributed by atoms with van der Waals surface area (Å²) in [6, 6.07) is 9.18. The zero-order chi connectivity index (χ0) is 20.3. The molecule has 0 saturated heterocycles. The van der Waals surface area contributed by atoms with Crippen molar-refractivity contribution < 1.29 is 32.0 Å². The van der Waals surface area contributed by atoms with E-state index in [4.69, 9.17) is 14.4 Å². The summed E-state index contributed by atoms with van der Waals surface area (Å²) in [4.78, 5) is 14.2. The van der Waals surface area contributed by atoms with Crippen molar-refractivity contribution in [2.24, 2.45) is 0 Å².